The van der Waals surface area contributed by atoms with Crippen LogP contribution in [0.2, 0.25) is 0 Å². The zero-order valence-corrected chi connectivity index (χ0v) is 23.4. The van der Waals surface area contributed by atoms with Crippen molar-refractivity contribution in [1.29, 1.82) is 0 Å². The van der Waals surface area contributed by atoms with Crippen LogP contribution < -0.4 is 0 Å². The van der Waals surface area contributed by atoms with Gasteiger partial charge in [-0.1, -0.05) is 25.1 Å². The van der Waals surface area contributed by atoms with Crippen molar-refractivity contribution in [3.8, 4) is 5.69 Å². The first-order chi connectivity index (χ1) is 19.4. The molecule has 2 bridgehead atoms. The van der Waals surface area contributed by atoms with Gasteiger partial charge >= 0.3 is 0 Å². The minimum absolute atomic E-state index is 0.00736. The first-order valence-corrected chi connectivity index (χ1v) is 14.6. The fourth-order valence-corrected chi connectivity index (χ4v) is 7.45. The van der Waals surface area contributed by atoms with Crippen molar-refractivity contribution in [1.82, 2.24) is 19.9 Å². The largest absolute Gasteiger partial charge is 0.378 e. The molecule has 2 aromatic rings. The van der Waals surface area contributed by atoms with E-state index in [4.69, 9.17) is 28.7 Å². The molecular formula is C29H38N4O7. The monoisotopic (exact) mass is 554 g/mol. The van der Waals surface area contributed by atoms with Crippen molar-refractivity contribution in [2.24, 2.45) is 23.7 Å². The number of morpholine rings is 1. The Balaban J connectivity index is 1.05. The zero-order valence-electron chi connectivity index (χ0n) is 23.4. The van der Waals surface area contributed by atoms with Crippen molar-refractivity contribution < 1.29 is 33.5 Å². The number of carbonyl (C=O) groups is 1. The molecule has 1 amide bonds. The SMILES string of the molecule is C[C@H]1[C@@H](OCc2cn(-c3cccc(C(=O)N4CCOCC4)c3)nn2)O[C@@H]2O[C@@]3(C)CC[C@H]4[C@H](C)CC[C@@H]1[C@@]24OO3. The number of hydrogen-bond acceptors (Lipinski definition) is 9. The summed E-state index contributed by atoms with van der Waals surface area (Å²) in [5.74, 6) is 0.281. The summed E-state index contributed by atoms with van der Waals surface area (Å²) in [6.07, 6.45) is 4.73. The van der Waals surface area contributed by atoms with E-state index in [9.17, 15) is 4.79 Å². The second-order valence-electron chi connectivity index (χ2n) is 12.2. The molecule has 11 heteroatoms. The van der Waals surface area contributed by atoms with E-state index in [-0.39, 0.29) is 24.3 Å². The Morgan fingerprint density at radius 2 is 1.98 bits per heavy atom. The van der Waals surface area contributed by atoms with E-state index in [2.05, 4.69) is 24.2 Å². The summed E-state index contributed by atoms with van der Waals surface area (Å²) in [5.41, 5.74) is 1.44. The lowest BCUT2D eigenvalue weighted by Crippen LogP contribution is -2.70. The predicted molar refractivity (Wildman–Crippen MR) is 140 cm³/mol. The van der Waals surface area contributed by atoms with E-state index >= 15 is 0 Å². The molecule has 6 fully saturated rings. The average Bonchev–Trinajstić information content (AvgIpc) is 3.34. The topological polar surface area (TPSA) is 106 Å². The van der Waals surface area contributed by atoms with Crippen LogP contribution in [0.15, 0.2) is 30.5 Å². The maximum absolute atomic E-state index is 12.9. The Morgan fingerprint density at radius 3 is 2.83 bits per heavy atom. The minimum atomic E-state index is -0.816. The Morgan fingerprint density at radius 1 is 1.12 bits per heavy atom. The van der Waals surface area contributed by atoms with Crippen LogP contribution in [0.5, 0.6) is 0 Å². The number of ether oxygens (including phenoxy) is 4. The van der Waals surface area contributed by atoms with Crippen molar-refractivity contribution in [2.45, 2.75) is 77.0 Å². The molecule has 6 heterocycles. The Hall–Kier alpha value is -2.41. The number of amides is 1. The van der Waals surface area contributed by atoms with Crippen molar-refractivity contribution in [3.63, 3.8) is 0 Å². The van der Waals surface area contributed by atoms with Crippen molar-refractivity contribution in [2.75, 3.05) is 26.3 Å². The molecule has 6 aliphatic rings. The summed E-state index contributed by atoms with van der Waals surface area (Å²) >= 11 is 0. The first-order valence-electron chi connectivity index (χ1n) is 14.6. The molecule has 216 valence electrons. The van der Waals surface area contributed by atoms with Gasteiger partial charge in [-0.25, -0.2) is 14.5 Å². The number of carbonyl (C=O) groups excluding carboxylic acids is 1. The van der Waals surface area contributed by atoms with Crippen molar-refractivity contribution >= 4 is 5.91 Å². The zero-order chi connectivity index (χ0) is 27.5. The standard InChI is InChI=1S/C29H38N4O7/c1-18-7-8-24-19(2)26(37-27-29(24)23(18)9-10-28(3,38-27)39-40-29)36-17-21-16-33(31-30-21)22-6-4-5-20(15-22)25(34)32-11-13-35-14-12-32/h4-6,15-16,18-19,23-24,26-27H,7-14,17H2,1-3H3/t18-,19-,23+,24+,26+,27-,28-,29-/m1/s1. The Labute approximate surface area is 233 Å². The van der Waals surface area contributed by atoms with Crippen LogP contribution in [0.1, 0.15) is 62.5 Å². The minimum Gasteiger partial charge on any atom is -0.378 e. The summed E-state index contributed by atoms with van der Waals surface area (Å²) in [4.78, 5) is 26.9. The van der Waals surface area contributed by atoms with Gasteiger partial charge in [0.25, 0.3) is 5.91 Å². The van der Waals surface area contributed by atoms with Gasteiger partial charge in [-0.2, -0.15) is 0 Å². The average molecular weight is 555 g/mol. The van der Waals surface area contributed by atoms with Gasteiger partial charge in [-0.3, -0.25) is 4.79 Å². The third kappa shape index (κ3) is 4.38. The van der Waals surface area contributed by atoms with Gasteiger partial charge in [0.15, 0.2) is 18.2 Å². The second-order valence-corrected chi connectivity index (χ2v) is 12.2. The number of benzene rings is 1. The van der Waals surface area contributed by atoms with Crippen LogP contribution in [-0.4, -0.2) is 76.1 Å². The lowest BCUT2D eigenvalue weighted by atomic mass is 9.58. The molecule has 0 radical (unpaired) electrons. The van der Waals surface area contributed by atoms with Gasteiger partial charge in [-0.05, 0) is 56.2 Å². The fourth-order valence-electron chi connectivity index (χ4n) is 7.45. The summed E-state index contributed by atoms with van der Waals surface area (Å²) in [5, 5.41) is 8.63. The van der Waals surface area contributed by atoms with E-state index < -0.39 is 24.0 Å². The number of aromatic nitrogens is 3. The molecule has 1 aliphatic carbocycles. The fraction of sp³-hybridized carbons (Fsp3) is 0.690. The molecule has 1 spiro atoms. The Bertz CT molecular complexity index is 1250. The van der Waals surface area contributed by atoms with E-state index in [0.717, 1.165) is 31.4 Å². The third-order valence-corrected chi connectivity index (χ3v) is 9.69. The third-order valence-electron chi connectivity index (χ3n) is 9.69. The number of hydrogen-bond donors (Lipinski definition) is 0. The number of fused-ring (bicyclic) bond motifs is 2. The molecule has 0 N–H and O–H groups in total. The molecule has 1 saturated carbocycles. The normalized spacial score (nSPS) is 39.0. The molecule has 1 aromatic heterocycles. The van der Waals surface area contributed by atoms with Gasteiger partial charge in [0, 0.05) is 36.9 Å². The van der Waals surface area contributed by atoms with Gasteiger partial charge in [0.1, 0.15) is 5.69 Å². The smallest absolute Gasteiger partial charge is 0.254 e. The van der Waals surface area contributed by atoms with Crippen LogP contribution in [0.25, 0.3) is 5.69 Å². The van der Waals surface area contributed by atoms with Gasteiger partial charge in [0.2, 0.25) is 5.79 Å². The maximum Gasteiger partial charge on any atom is 0.254 e. The summed E-state index contributed by atoms with van der Waals surface area (Å²) < 4.78 is 26.3. The van der Waals surface area contributed by atoms with Gasteiger partial charge < -0.3 is 23.8 Å². The van der Waals surface area contributed by atoms with E-state index in [0.29, 0.717) is 49.4 Å². The molecular weight excluding hydrogens is 516 g/mol. The van der Waals surface area contributed by atoms with Crippen LogP contribution >= 0.6 is 0 Å². The highest BCUT2D eigenvalue weighted by Crippen LogP contribution is 2.60. The van der Waals surface area contributed by atoms with Crippen molar-refractivity contribution in [3.05, 3.63) is 41.7 Å². The first kappa shape index (κ1) is 26.5. The van der Waals surface area contributed by atoms with Gasteiger partial charge in [-0.15, -0.1) is 5.10 Å². The lowest BCUT2D eigenvalue weighted by molar-refractivity contribution is -0.577. The molecule has 1 aromatic carbocycles. The summed E-state index contributed by atoms with van der Waals surface area (Å²) in [7, 11) is 0. The lowest BCUT2D eigenvalue weighted by Gasteiger charge is -2.60. The molecule has 5 aliphatic heterocycles. The maximum atomic E-state index is 12.9. The van der Waals surface area contributed by atoms with E-state index in [1.165, 1.54) is 0 Å². The highest BCUT2D eigenvalue weighted by molar-refractivity contribution is 5.94. The highest BCUT2D eigenvalue weighted by atomic mass is 17.3. The van der Waals surface area contributed by atoms with Crippen LogP contribution in [-0.2, 0) is 35.3 Å². The number of rotatable bonds is 5. The van der Waals surface area contributed by atoms with Gasteiger partial charge in [0.05, 0.1) is 31.7 Å². The van der Waals surface area contributed by atoms with E-state index in [1.54, 1.807) is 4.68 Å². The van der Waals surface area contributed by atoms with Crippen LogP contribution in [0.3, 0.4) is 0 Å². The molecule has 5 saturated heterocycles. The summed E-state index contributed by atoms with van der Waals surface area (Å²) in [6, 6.07) is 7.43. The Kier molecular flexibility index (Phi) is 6.72. The highest BCUT2D eigenvalue weighted by Gasteiger charge is 2.69. The summed E-state index contributed by atoms with van der Waals surface area (Å²) in [6.45, 7) is 8.97. The molecule has 11 nitrogen and oxygen atoms in total. The molecule has 8 atom stereocenters. The molecule has 40 heavy (non-hydrogen) atoms. The second kappa shape index (κ2) is 10.1. The van der Waals surface area contributed by atoms with Crippen LogP contribution in [0.4, 0.5) is 0 Å². The van der Waals surface area contributed by atoms with E-state index in [1.807, 2.05) is 42.3 Å². The van der Waals surface area contributed by atoms with Crippen LogP contribution in [0, 0.1) is 23.7 Å². The number of nitrogens with zero attached hydrogens (tertiary/aromatic N) is 4. The molecule has 8 rings (SSSR count). The quantitative estimate of drug-likeness (QED) is 0.514. The molecule has 0 unspecified atom stereocenters. The predicted octanol–water partition coefficient (Wildman–Crippen LogP) is 3.46.